The second-order valence-corrected chi connectivity index (χ2v) is 5.67. The number of anilines is 1. The quantitative estimate of drug-likeness (QED) is 0.921. The highest BCUT2D eigenvalue weighted by Crippen LogP contribution is 2.30. The predicted octanol–water partition coefficient (Wildman–Crippen LogP) is 2.79. The van der Waals surface area contributed by atoms with Gasteiger partial charge in [0.25, 0.3) is 0 Å². The highest BCUT2D eigenvalue weighted by molar-refractivity contribution is 5.67. The summed E-state index contributed by atoms with van der Waals surface area (Å²) < 4.78 is 0. The van der Waals surface area contributed by atoms with Gasteiger partial charge in [-0.2, -0.15) is 5.26 Å². The molecule has 1 aromatic rings. The molecule has 2 heterocycles. The number of aryl methyl sites for hydroxylation is 2. The Bertz CT molecular complexity index is 578. The van der Waals surface area contributed by atoms with Crippen molar-refractivity contribution in [3.63, 3.8) is 0 Å². The first-order valence-electron chi connectivity index (χ1n) is 7.39. The molecule has 1 N–H and O–H groups in total. The van der Waals surface area contributed by atoms with E-state index < -0.39 is 5.97 Å². The maximum absolute atomic E-state index is 10.8. The average Bonchev–Trinajstić information content (AvgIpc) is 2.44. The summed E-state index contributed by atoms with van der Waals surface area (Å²) in [6.07, 6.45) is 3.89. The lowest BCUT2D eigenvalue weighted by molar-refractivity contribution is -0.137. The van der Waals surface area contributed by atoms with Gasteiger partial charge in [-0.3, -0.25) is 4.79 Å². The second-order valence-electron chi connectivity index (χ2n) is 5.67. The standard InChI is InChI=1S/C16H21N3O2/c1-11-9-12(2)18-16(14(11)10-17)19-8-4-3-5-13(19)6-7-15(20)21/h9,13H,3-8H2,1-2H3,(H,20,21). The van der Waals surface area contributed by atoms with Crippen molar-refractivity contribution in [1.29, 1.82) is 5.26 Å². The Labute approximate surface area is 125 Å². The third kappa shape index (κ3) is 3.52. The summed E-state index contributed by atoms with van der Waals surface area (Å²) in [7, 11) is 0. The normalized spacial score (nSPS) is 18.3. The van der Waals surface area contributed by atoms with E-state index >= 15 is 0 Å². The molecule has 5 nitrogen and oxygen atoms in total. The largest absolute Gasteiger partial charge is 0.481 e. The SMILES string of the molecule is Cc1cc(C)c(C#N)c(N2CCCCC2CCC(=O)O)n1. The number of hydrogen-bond donors (Lipinski definition) is 1. The number of nitriles is 1. The molecule has 0 radical (unpaired) electrons. The molecule has 21 heavy (non-hydrogen) atoms. The number of piperidine rings is 1. The fraction of sp³-hybridized carbons (Fsp3) is 0.562. The van der Waals surface area contributed by atoms with Gasteiger partial charge in [0.15, 0.2) is 0 Å². The maximum atomic E-state index is 10.8. The molecule has 1 unspecified atom stereocenters. The van der Waals surface area contributed by atoms with Crippen LogP contribution < -0.4 is 4.90 Å². The van der Waals surface area contributed by atoms with Crippen LogP contribution in [0.4, 0.5) is 5.82 Å². The van der Waals surface area contributed by atoms with E-state index in [2.05, 4.69) is 16.0 Å². The summed E-state index contributed by atoms with van der Waals surface area (Å²) in [4.78, 5) is 17.5. The Hall–Kier alpha value is -2.09. The molecule has 1 atom stereocenters. The lowest BCUT2D eigenvalue weighted by Gasteiger charge is -2.37. The smallest absolute Gasteiger partial charge is 0.303 e. The van der Waals surface area contributed by atoms with Gasteiger partial charge in [0.1, 0.15) is 11.9 Å². The highest BCUT2D eigenvalue weighted by Gasteiger charge is 2.26. The summed E-state index contributed by atoms with van der Waals surface area (Å²) in [5, 5.41) is 18.3. The van der Waals surface area contributed by atoms with Crippen molar-refractivity contribution in [2.24, 2.45) is 0 Å². The molecular weight excluding hydrogens is 266 g/mol. The van der Waals surface area contributed by atoms with Crippen molar-refractivity contribution in [2.75, 3.05) is 11.4 Å². The summed E-state index contributed by atoms with van der Waals surface area (Å²) >= 11 is 0. The second kappa shape index (κ2) is 6.57. The van der Waals surface area contributed by atoms with Crippen LogP contribution in [0.5, 0.6) is 0 Å². The van der Waals surface area contributed by atoms with Crippen LogP contribution in [-0.2, 0) is 4.79 Å². The number of nitrogens with zero attached hydrogens (tertiary/aromatic N) is 3. The van der Waals surface area contributed by atoms with E-state index in [4.69, 9.17) is 5.11 Å². The van der Waals surface area contributed by atoms with Crippen LogP contribution in [0.1, 0.15) is 48.9 Å². The molecule has 0 amide bonds. The van der Waals surface area contributed by atoms with Crippen LogP contribution in [0.15, 0.2) is 6.07 Å². The molecular formula is C16H21N3O2. The lowest BCUT2D eigenvalue weighted by atomic mass is 9.96. The minimum absolute atomic E-state index is 0.161. The van der Waals surface area contributed by atoms with E-state index in [0.717, 1.165) is 42.9 Å². The molecule has 1 saturated heterocycles. The molecule has 0 spiro atoms. The molecule has 0 bridgehead atoms. The predicted molar refractivity (Wildman–Crippen MR) is 80.3 cm³/mol. The summed E-state index contributed by atoms with van der Waals surface area (Å²) in [6, 6.07) is 4.33. The van der Waals surface area contributed by atoms with Crippen molar-refractivity contribution in [3.8, 4) is 6.07 Å². The van der Waals surface area contributed by atoms with Crippen molar-refractivity contribution < 1.29 is 9.90 Å². The number of pyridine rings is 1. The van der Waals surface area contributed by atoms with E-state index in [1.54, 1.807) is 0 Å². The molecule has 1 aromatic heterocycles. The number of carboxylic acid groups (broad SMARTS) is 1. The topological polar surface area (TPSA) is 77.2 Å². The molecule has 0 aliphatic carbocycles. The minimum atomic E-state index is -0.769. The fourth-order valence-electron chi connectivity index (χ4n) is 3.03. The van der Waals surface area contributed by atoms with Crippen LogP contribution in [0, 0.1) is 25.2 Å². The van der Waals surface area contributed by atoms with E-state index in [9.17, 15) is 10.1 Å². The zero-order chi connectivity index (χ0) is 15.4. The zero-order valence-corrected chi connectivity index (χ0v) is 12.6. The summed E-state index contributed by atoms with van der Waals surface area (Å²) in [6.45, 7) is 4.69. The number of carbonyl (C=O) groups is 1. The third-order valence-corrected chi connectivity index (χ3v) is 4.03. The Morgan fingerprint density at radius 3 is 2.95 bits per heavy atom. The molecule has 1 aliphatic heterocycles. The van der Waals surface area contributed by atoms with Gasteiger partial charge < -0.3 is 10.0 Å². The molecule has 0 saturated carbocycles. The number of rotatable bonds is 4. The molecule has 112 valence electrons. The molecule has 1 aliphatic rings. The Morgan fingerprint density at radius 1 is 1.52 bits per heavy atom. The van der Waals surface area contributed by atoms with E-state index in [1.165, 1.54) is 0 Å². The van der Waals surface area contributed by atoms with Crippen LogP contribution in [-0.4, -0.2) is 28.6 Å². The number of aromatic nitrogens is 1. The summed E-state index contributed by atoms with van der Waals surface area (Å²) in [5.41, 5.74) is 2.44. The van der Waals surface area contributed by atoms with Gasteiger partial charge in [0.05, 0.1) is 5.56 Å². The van der Waals surface area contributed by atoms with Gasteiger partial charge in [-0.15, -0.1) is 0 Å². The van der Waals surface area contributed by atoms with Gasteiger partial charge >= 0.3 is 5.97 Å². The number of hydrogen-bond acceptors (Lipinski definition) is 4. The zero-order valence-electron chi connectivity index (χ0n) is 12.6. The first kappa shape index (κ1) is 15.3. The fourth-order valence-corrected chi connectivity index (χ4v) is 3.03. The molecule has 2 rings (SSSR count). The van der Waals surface area contributed by atoms with E-state index in [0.29, 0.717) is 12.0 Å². The van der Waals surface area contributed by atoms with E-state index in [-0.39, 0.29) is 12.5 Å². The van der Waals surface area contributed by atoms with Crippen molar-refractivity contribution in [3.05, 3.63) is 22.9 Å². The Kier molecular flexibility index (Phi) is 4.79. The number of carboxylic acids is 1. The molecule has 0 aromatic carbocycles. The first-order chi connectivity index (χ1) is 10.0. The van der Waals surface area contributed by atoms with Gasteiger partial charge in [-0.25, -0.2) is 4.98 Å². The van der Waals surface area contributed by atoms with Crippen LogP contribution in [0.3, 0.4) is 0 Å². The van der Waals surface area contributed by atoms with Gasteiger partial charge in [-0.05, 0) is 51.2 Å². The summed E-state index contributed by atoms with van der Waals surface area (Å²) in [5.74, 6) is -0.0421. The van der Waals surface area contributed by atoms with E-state index in [1.807, 2.05) is 19.9 Å². The van der Waals surface area contributed by atoms with Crippen molar-refractivity contribution in [1.82, 2.24) is 4.98 Å². The molecule has 5 heteroatoms. The highest BCUT2D eigenvalue weighted by atomic mass is 16.4. The Balaban J connectivity index is 2.33. The average molecular weight is 287 g/mol. The monoisotopic (exact) mass is 287 g/mol. The Morgan fingerprint density at radius 2 is 2.29 bits per heavy atom. The third-order valence-electron chi connectivity index (χ3n) is 4.03. The van der Waals surface area contributed by atoms with Gasteiger partial charge in [-0.1, -0.05) is 0 Å². The van der Waals surface area contributed by atoms with Crippen LogP contribution in [0.2, 0.25) is 0 Å². The van der Waals surface area contributed by atoms with Crippen LogP contribution >= 0.6 is 0 Å². The van der Waals surface area contributed by atoms with Gasteiger partial charge in [0, 0.05) is 24.7 Å². The molecule has 1 fully saturated rings. The first-order valence-corrected chi connectivity index (χ1v) is 7.39. The lowest BCUT2D eigenvalue weighted by Crippen LogP contribution is -2.41. The van der Waals surface area contributed by atoms with Gasteiger partial charge in [0.2, 0.25) is 0 Å². The van der Waals surface area contributed by atoms with Crippen molar-refractivity contribution >= 4 is 11.8 Å². The van der Waals surface area contributed by atoms with Crippen molar-refractivity contribution in [2.45, 2.75) is 52.0 Å². The maximum Gasteiger partial charge on any atom is 0.303 e. The van der Waals surface area contributed by atoms with Crippen LogP contribution in [0.25, 0.3) is 0 Å². The minimum Gasteiger partial charge on any atom is -0.481 e. The number of aliphatic carboxylic acids is 1.